The van der Waals surface area contributed by atoms with Crippen LogP contribution in [0.25, 0.3) is 0 Å². The van der Waals surface area contributed by atoms with Crippen LogP contribution < -0.4 is 14.2 Å². The lowest BCUT2D eigenvalue weighted by atomic mass is 9.89. The molecule has 5 atom stereocenters. The number of hydrogen-bond donors (Lipinski definition) is 0. The predicted octanol–water partition coefficient (Wildman–Crippen LogP) is 12.8. The van der Waals surface area contributed by atoms with E-state index in [2.05, 4.69) is 48.5 Å². The van der Waals surface area contributed by atoms with Crippen molar-refractivity contribution >= 4 is 0 Å². The summed E-state index contributed by atoms with van der Waals surface area (Å²) in [6.07, 6.45) is -3.54. The van der Waals surface area contributed by atoms with Crippen molar-refractivity contribution in [2.45, 2.75) is 76.8 Å². The fourth-order valence-electron chi connectivity index (χ4n) is 8.41. The lowest BCUT2D eigenvalue weighted by molar-refractivity contribution is -0.275. The number of hydrogen-bond acceptors (Lipinski definition) is 8. The molecule has 0 N–H and O–H groups in total. The molecule has 0 amide bonds. The maximum Gasteiger partial charge on any atom is 0.133 e. The average Bonchev–Trinajstić information content (AvgIpc) is 3.41. The van der Waals surface area contributed by atoms with Crippen molar-refractivity contribution in [2.24, 2.45) is 0 Å². The number of rotatable bonds is 23. The molecule has 1 fully saturated rings. The van der Waals surface area contributed by atoms with Crippen LogP contribution in [0.2, 0.25) is 0 Å². The van der Waals surface area contributed by atoms with E-state index in [-0.39, 0.29) is 26.4 Å². The summed E-state index contributed by atoms with van der Waals surface area (Å²) in [5.41, 5.74) is 7.77. The first-order valence-electron chi connectivity index (χ1n) is 23.6. The van der Waals surface area contributed by atoms with Gasteiger partial charge in [-0.15, -0.1) is 0 Å². The van der Waals surface area contributed by atoms with Crippen LogP contribution in [-0.4, -0.2) is 31.0 Å². The summed E-state index contributed by atoms with van der Waals surface area (Å²) >= 11 is 0. The maximum atomic E-state index is 7.49. The van der Waals surface area contributed by atoms with Gasteiger partial charge in [-0.05, 0) is 38.9 Å². The normalized spacial score (nSPS) is 17.8. The molecule has 0 aromatic heterocycles. The Bertz CT molecular complexity index is 2630. The van der Waals surface area contributed by atoms with E-state index in [1.807, 2.05) is 176 Å². The summed E-state index contributed by atoms with van der Waals surface area (Å²) in [5.74, 6) is 1.63. The first kappa shape index (κ1) is 47.0. The number of ether oxygens (including phenoxy) is 8. The Balaban J connectivity index is 1.18. The monoisotopic (exact) mass is 918 g/mol. The molecule has 0 radical (unpaired) electrons. The van der Waals surface area contributed by atoms with E-state index in [4.69, 9.17) is 37.9 Å². The minimum absolute atomic E-state index is 0.195. The molecular formula is C61H58O8. The lowest BCUT2D eigenvalue weighted by Gasteiger charge is -2.47. The van der Waals surface area contributed by atoms with Crippen LogP contribution in [0.5, 0.6) is 17.2 Å². The zero-order valence-electron chi connectivity index (χ0n) is 38.7. The third kappa shape index (κ3) is 13.6. The summed E-state index contributed by atoms with van der Waals surface area (Å²) < 4.78 is 55.9. The second kappa shape index (κ2) is 24.8. The van der Waals surface area contributed by atoms with Gasteiger partial charge in [0.15, 0.2) is 0 Å². The highest BCUT2D eigenvalue weighted by Gasteiger charge is 2.50. The zero-order valence-corrected chi connectivity index (χ0v) is 38.7. The van der Waals surface area contributed by atoms with Crippen molar-refractivity contribution in [1.82, 2.24) is 0 Å². The highest BCUT2D eigenvalue weighted by atomic mass is 16.6. The molecule has 0 aliphatic carbocycles. The van der Waals surface area contributed by atoms with Crippen LogP contribution in [0.4, 0.5) is 0 Å². The molecule has 350 valence electrons. The summed E-state index contributed by atoms with van der Waals surface area (Å²) in [4.78, 5) is 0. The Hall–Kier alpha value is -7.04. The van der Waals surface area contributed by atoms with Crippen LogP contribution >= 0.6 is 0 Å². The highest BCUT2D eigenvalue weighted by Crippen LogP contribution is 2.48. The van der Waals surface area contributed by atoms with E-state index in [1.165, 1.54) is 0 Å². The van der Waals surface area contributed by atoms with Crippen molar-refractivity contribution < 1.29 is 37.9 Å². The molecular weight excluding hydrogens is 861 g/mol. The fraction of sp³-hybridized carbons (Fsp3) is 0.213. The van der Waals surface area contributed by atoms with Gasteiger partial charge in [0.05, 0.1) is 38.6 Å². The Morgan fingerprint density at radius 1 is 0.319 bits per heavy atom. The molecule has 1 heterocycles. The Morgan fingerprint density at radius 2 is 0.638 bits per heavy atom. The van der Waals surface area contributed by atoms with Gasteiger partial charge in [-0.2, -0.15) is 0 Å². The van der Waals surface area contributed by atoms with Crippen LogP contribution in [0, 0.1) is 0 Å². The van der Waals surface area contributed by atoms with Gasteiger partial charge in [0.2, 0.25) is 0 Å². The van der Waals surface area contributed by atoms with Gasteiger partial charge < -0.3 is 37.9 Å². The Kier molecular flexibility index (Phi) is 16.9. The van der Waals surface area contributed by atoms with Gasteiger partial charge in [0, 0.05) is 12.1 Å². The van der Waals surface area contributed by atoms with E-state index in [0.717, 1.165) is 38.9 Å². The molecule has 9 rings (SSSR count). The molecule has 69 heavy (non-hydrogen) atoms. The van der Waals surface area contributed by atoms with Crippen molar-refractivity contribution in [3.8, 4) is 17.2 Å². The van der Waals surface area contributed by atoms with E-state index < -0.39 is 30.5 Å². The first-order valence-corrected chi connectivity index (χ1v) is 23.6. The van der Waals surface area contributed by atoms with Gasteiger partial charge in [-0.3, -0.25) is 0 Å². The first-order chi connectivity index (χ1) is 34.2. The molecule has 5 unspecified atom stereocenters. The summed E-state index contributed by atoms with van der Waals surface area (Å²) in [7, 11) is 0. The van der Waals surface area contributed by atoms with Gasteiger partial charge >= 0.3 is 0 Å². The zero-order chi connectivity index (χ0) is 46.7. The van der Waals surface area contributed by atoms with Gasteiger partial charge in [-0.1, -0.05) is 212 Å². The molecule has 0 spiro atoms. The standard InChI is InChI=1S/C61H58O8/c1-8-22-46(23-9-1)38-62-45-56-58(66-42-50-30-16-5-17-31-50)60(67-43-51-32-18-6-19-33-51)61(68-44-52-34-20-7-21-35-52)59(69-56)57-54(64-40-48-26-12-3-13-27-48)36-53(63-39-47-24-10-2-11-25-47)37-55(57)65-41-49-28-14-4-15-29-49/h1-37,56,58-61H,38-45H2. The third-order valence-electron chi connectivity index (χ3n) is 12.0. The molecule has 1 aliphatic heterocycles. The molecule has 8 aromatic rings. The van der Waals surface area contributed by atoms with Crippen molar-refractivity contribution in [1.29, 1.82) is 0 Å². The lowest BCUT2D eigenvalue weighted by Crippen LogP contribution is -2.58. The minimum Gasteiger partial charge on any atom is -0.489 e. The smallest absolute Gasteiger partial charge is 0.133 e. The van der Waals surface area contributed by atoms with Gasteiger partial charge in [-0.25, -0.2) is 0 Å². The molecule has 0 bridgehead atoms. The number of benzene rings is 8. The summed E-state index contributed by atoms with van der Waals surface area (Å²) in [6, 6.07) is 74.8. The highest BCUT2D eigenvalue weighted by molar-refractivity contribution is 5.53. The molecule has 8 aromatic carbocycles. The predicted molar refractivity (Wildman–Crippen MR) is 268 cm³/mol. The minimum atomic E-state index is -0.823. The molecule has 1 saturated heterocycles. The van der Waals surface area contributed by atoms with Crippen LogP contribution in [0.1, 0.15) is 50.6 Å². The van der Waals surface area contributed by atoms with Gasteiger partial charge in [0.1, 0.15) is 67.6 Å². The molecule has 8 heteroatoms. The summed E-state index contributed by atoms with van der Waals surface area (Å²) in [6.45, 7) is 2.35. The second-order valence-corrected chi connectivity index (χ2v) is 17.0. The molecule has 0 saturated carbocycles. The third-order valence-corrected chi connectivity index (χ3v) is 12.0. The van der Waals surface area contributed by atoms with E-state index in [0.29, 0.717) is 49.2 Å². The van der Waals surface area contributed by atoms with E-state index in [1.54, 1.807) is 0 Å². The molecule has 8 nitrogen and oxygen atoms in total. The van der Waals surface area contributed by atoms with E-state index in [9.17, 15) is 0 Å². The van der Waals surface area contributed by atoms with Crippen molar-refractivity contribution in [3.63, 3.8) is 0 Å². The van der Waals surface area contributed by atoms with Crippen molar-refractivity contribution in [2.75, 3.05) is 6.61 Å². The van der Waals surface area contributed by atoms with Crippen LogP contribution in [0.3, 0.4) is 0 Å². The van der Waals surface area contributed by atoms with E-state index >= 15 is 0 Å². The van der Waals surface area contributed by atoms with Gasteiger partial charge in [0.25, 0.3) is 0 Å². The fourth-order valence-corrected chi connectivity index (χ4v) is 8.41. The van der Waals surface area contributed by atoms with Crippen LogP contribution in [-0.2, 0) is 69.9 Å². The van der Waals surface area contributed by atoms with Crippen molar-refractivity contribution in [3.05, 3.63) is 269 Å². The SMILES string of the molecule is c1ccc(COCC2OC(c3c(OCc4ccccc4)cc(OCc4ccccc4)cc3OCc3ccccc3)C(OCc3ccccc3)C(OCc3ccccc3)C2OCc2ccccc2)cc1. The Labute approximate surface area is 405 Å². The van der Waals surface area contributed by atoms with Crippen LogP contribution in [0.15, 0.2) is 224 Å². The average molecular weight is 919 g/mol. The maximum absolute atomic E-state index is 7.49. The summed E-state index contributed by atoms with van der Waals surface area (Å²) in [5, 5.41) is 0. The Morgan fingerprint density at radius 3 is 1.03 bits per heavy atom. The largest absolute Gasteiger partial charge is 0.489 e. The quantitative estimate of drug-likeness (QED) is 0.0628. The molecule has 1 aliphatic rings. The second-order valence-electron chi connectivity index (χ2n) is 17.0. The topological polar surface area (TPSA) is 73.8 Å².